The molecule has 2 aromatic rings. The molecule has 1 aliphatic rings. The number of nitrogens with zero attached hydrogens (tertiary/aromatic N) is 4. The molecule has 0 N–H and O–H groups in total. The van der Waals surface area contributed by atoms with Crippen molar-refractivity contribution in [2.45, 2.75) is 46.1 Å². The minimum absolute atomic E-state index is 0.0445. The molecule has 6 nitrogen and oxygen atoms in total. The number of hydrogen-bond acceptors (Lipinski definition) is 5. The Morgan fingerprint density at radius 3 is 2.92 bits per heavy atom. The van der Waals surface area contributed by atoms with Gasteiger partial charge in [0.1, 0.15) is 5.82 Å². The summed E-state index contributed by atoms with van der Waals surface area (Å²) in [6.45, 7) is 8.44. The van der Waals surface area contributed by atoms with Crippen LogP contribution < -0.4 is 0 Å². The summed E-state index contributed by atoms with van der Waals surface area (Å²) in [5.74, 6) is 1.01. The van der Waals surface area contributed by atoms with Gasteiger partial charge in [-0.05, 0) is 45.2 Å². The average molecular weight is 354 g/mol. The van der Waals surface area contributed by atoms with Crippen molar-refractivity contribution in [2.24, 2.45) is 0 Å². The van der Waals surface area contributed by atoms with Crippen molar-refractivity contribution in [3.63, 3.8) is 0 Å². The van der Waals surface area contributed by atoms with Crippen LogP contribution in [0, 0.1) is 13.8 Å². The van der Waals surface area contributed by atoms with Crippen LogP contribution in [0.4, 0.5) is 0 Å². The molecule has 1 saturated heterocycles. The molecule has 26 heavy (non-hydrogen) atoms. The summed E-state index contributed by atoms with van der Waals surface area (Å²) in [6, 6.07) is 1.90. The molecule has 138 valence electrons. The fourth-order valence-corrected chi connectivity index (χ4v) is 3.43. The molecule has 0 aliphatic carbocycles. The Morgan fingerprint density at radius 2 is 2.15 bits per heavy atom. The van der Waals surface area contributed by atoms with E-state index in [1.54, 1.807) is 12.4 Å². The van der Waals surface area contributed by atoms with Gasteiger partial charge < -0.3 is 9.64 Å². The van der Waals surface area contributed by atoms with E-state index in [2.05, 4.69) is 15.0 Å². The number of aryl methyl sites for hydroxylation is 2. The number of rotatable bonds is 5. The van der Waals surface area contributed by atoms with Crippen molar-refractivity contribution in [1.29, 1.82) is 0 Å². The van der Waals surface area contributed by atoms with Crippen LogP contribution in [-0.2, 0) is 11.3 Å². The molecule has 2 aromatic heterocycles. The fraction of sp³-hybridized carbons (Fsp3) is 0.500. The maximum atomic E-state index is 12.9. The number of aromatic nitrogens is 3. The van der Waals surface area contributed by atoms with Crippen molar-refractivity contribution < 1.29 is 9.53 Å². The fourth-order valence-electron chi connectivity index (χ4n) is 3.43. The molecule has 0 aromatic carbocycles. The van der Waals surface area contributed by atoms with E-state index in [9.17, 15) is 4.79 Å². The zero-order chi connectivity index (χ0) is 18.5. The SMILES string of the molecule is CCOCc1cnc(C)nc1C1CCCN(C(=O)c2cncc(C)c2)C1. The Hall–Kier alpha value is -2.34. The first-order valence-corrected chi connectivity index (χ1v) is 9.19. The first kappa shape index (κ1) is 18.5. The van der Waals surface area contributed by atoms with E-state index < -0.39 is 0 Å². The molecule has 0 bridgehead atoms. The molecule has 6 heteroatoms. The molecular formula is C20H26N4O2. The van der Waals surface area contributed by atoms with Crippen LogP contribution in [0.3, 0.4) is 0 Å². The Labute approximate surface area is 154 Å². The zero-order valence-electron chi connectivity index (χ0n) is 15.7. The largest absolute Gasteiger partial charge is 0.377 e. The highest BCUT2D eigenvalue weighted by Crippen LogP contribution is 2.29. The van der Waals surface area contributed by atoms with Gasteiger partial charge in [-0.3, -0.25) is 9.78 Å². The summed E-state index contributed by atoms with van der Waals surface area (Å²) < 4.78 is 5.58. The van der Waals surface area contributed by atoms with E-state index >= 15 is 0 Å². The molecule has 1 aliphatic heterocycles. The third-order valence-electron chi connectivity index (χ3n) is 4.70. The molecule has 1 amide bonds. The van der Waals surface area contributed by atoms with Crippen LogP contribution in [-0.4, -0.2) is 45.5 Å². The Morgan fingerprint density at radius 1 is 1.31 bits per heavy atom. The highest BCUT2D eigenvalue weighted by atomic mass is 16.5. The standard InChI is InChI=1S/C20H26N4O2/c1-4-26-13-18-11-22-15(3)23-19(18)16-6-5-7-24(12-16)20(25)17-8-14(2)9-21-10-17/h8-11,16H,4-7,12-13H2,1-3H3. The lowest BCUT2D eigenvalue weighted by Gasteiger charge is -2.33. The Kier molecular flexibility index (Phi) is 5.93. The smallest absolute Gasteiger partial charge is 0.255 e. The van der Waals surface area contributed by atoms with Gasteiger partial charge in [0.15, 0.2) is 0 Å². The van der Waals surface area contributed by atoms with E-state index in [4.69, 9.17) is 4.74 Å². The van der Waals surface area contributed by atoms with Gasteiger partial charge >= 0.3 is 0 Å². The number of carbonyl (C=O) groups excluding carboxylic acids is 1. The number of likely N-dealkylation sites (tertiary alicyclic amines) is 1. The molecule has 0 saturated carbocycles. The molecule has 0 radical (unpaired) electrons. The predicted octanol–water partition coefficient (Wildman–Crippen LogP) is 3.04. The summed E-state index contributed by atoms with van der Waals surface area (Å²) in [4.78, 5) is 28.0. The number of hydrogen-bond donors (Lipinski definition) is 0. The second-order valence-electron chi connectivity index (χ2n) is 6.81. The first-order chi connectivity index (χ1) is 12.6. The first-order valence-electron chi connectivity index (χ1n) is 9.19. The quantitative estimate of drug-likeness (QED) is 0.825. The van der Waals surface area contributed by atoms with Gasteiger partial charge in [-0.25, -0.2) is 9.97 Å². The van der Waals surface area contributed by atoms with Crippen molar-refractivity contribution in [1.82, 2.24) is 19.9 Å². The van der Waals surface area contributed by atoms with Gasteiger partial charge in [-0.15, -0.1) is 0 Å². The molecule has 0 spiro atoms. The van der Waals surface area contributed by atoms with Crippen LogP contribution in [0.25, 0.3) is 0 Å². The summed E-state index contributed by atoms with van der Waals surface area (Å²) in [5, 5.41) is 0. The summed E-state index contributed by atoms with van der Waals surface area (Å²) in [7, 11) is 0. The highest BCUT2D eigenvalue weighted by molar-refractivity contribution is 5.94. The van der Waals surface area contributed by atoms with Crippen LogP contribution in [0.1, 0.15) is 58.7 Å². The molecule has 1 unspecified atom stereocenters. The van der Waals surface area contributed by atoms with Crippen LogP contribution in [0.2, 0.25) is 0 Å². The van der Waals surface area contributed by atoms with Crippen molar-refractivity contribution in [3.05, 3.63) is 52.9 Å². The van der Waals surface area contributed by atoms with E-state index in [1.165, 1.54) is 0 Å². The molecule has 1 fully saturated rings. The Balaban J connectivity index is 1.80. The second kappa shape index (κ2) is 8.36. The van der Waals surface area contributed by atoms with Crippen molar-refractivity contribution in [2.75, 3.05) is 19.7 Å². The number of pyridine rings is 1. The maximum Gasteiger partial charge on any atom is 0.255 e. The van der Waals surface area contributed by atoms with Crippen LogP contribution in [0.5, 0.6) is 0 Å². The van der Waals surface area contributed by atoms with E-state index in [-0.39, 0.29) is 11.8 Å². The normalized spacial score (nSPS) is 17.3. The second-order valence-corrected chi connectivity index (χ2v) is 6.81. The molecule has 3 rings (SSSR count). The molecule has 1 atom stereocenters. The van der Waals surface area contributed by atoms with Gasteiger partial charge in [0.05, 0.1) is 17.9 Å². The van der Waals surface area contributed by atoms with Gasteiger partial charge in [-0.2, -0.15) is 0 Å². The number of carbonyl (C=O) groups is 1. The van der Waals surface area contributed by atoms with E-state index in [0.29, 0.717) is 25.3 Å². The lowest BCUT2D eigenvalue weighted by Crippen LogP contribution is -2.39. The van der Waals surface area contributed by atoms with Gasteiger partial charge in [0.2, 0.25) is 0 Å². The summed E-state index contributed by atoms with van der Waals surface area (Å²) in [5.41, 5.74) is 3.69. The van der Waals surface area contributed by atoms with Gasteiger partial charge in [-0.1, -0.05) is 0 Å². The summed E-state index contributed by atoms with van der Waals surface area (Å²) >= 11 is 0. The molecular weight excluding hydrogens is 328 g/mol. The minimum atomic E-state index is 0.0445. The van der Waals surface area contributed by atoms with Crippen LogP contribution >= 0.6 is 0 Å². The summed E-state index contributed by atoms with van der Waals surface area (Å²) in [6.07, 6.45) is 7.25. The third-order valence-corrected chi connectivity index (χ3v) is 4.70. The lowest BCUT2D eigenvalue weighted by atomic mass is 9.91. The number of amides is 1. The average Bonchev–Trinajstić information content (AvgIpc) is 2.66. The monoisotopic (exact) mass is 354 g/mol. The number of ether oxygens (including phenoxy) is 1. The van der Waals surface area contributed by atoms with Gasteiger partial charge in [0.25, 0.3) is 5.91 Å². The maximum absolute atomic E-state index is 12.9. The topological polar surface area (TPSA) is 68.2 Å². The predicted molar refractivity (Wildman–Crippen MR) is 99.0 cm³/mol. The van der Waals surface area contributed by atoms with Gasteiger partial charge in [0, 0.05) is 49.8 Å². The minimum Gasteiger partial charge on any atom is -0.377 e. The lowest BCUT2D eigenvalue weighted by molar-refractivity contribution is 0.0703. The number of piperidine rings is 1. The zero-order valence-corrected chi connectivity index (χ0v) is 15.7. The van der Waals surface area contributed by atoms with Crippen LogP contribution in [0.15, 0.2) is 24.7 Å². The third kappa shape index (κ3) is 4.25. The van der Waals surface area contributed by atoms with Crippen molar-refractivity contribution >= 4 is 5.91 Å². The van der Waals surface area contributed by atoms with E-state index in [0.717, 1.165) is 42.0 Å². The molecule has 3 heterocycles. The highest BCUT2D eigenvalue weighted by Gasteiger charge is 2.28. The van der Waals surface area contributed by atoms with Crippen molar-refractivity contribution in [3.8, 4) is 0 Å². The van der Waals surface area contributed by atoms with E-state index in [1.807, 2.05) is 37.9 Å². The Bertz CT molecular complexity index is 778.